The summed E-state index contributed by atoms with van der Waals surface area (Å²) < 4.78 is 5.78. The number of hydrogen-bond donors (Lipinski definition) is 0. The van der Waals surface area contributed by atoms with E-state index in [1.807, 2.05) is 19.9 Å². The lowest BCUT2D eigenvalue weighted by molar-refractivity contribution is 0.0362. The van der Waals surface area contributed by atoms with Crippen molar-refractivity contribution in [1.29, 1.82) is 0 Å². The van der Waals surface area contributed by atoms with Crippen LogP contribution in [0, 0.1) is 13.8 Å². The molecule has 3 heterocycles. The van der Waals surface area contributed by atoms with E-state index in [1.54, 1.807) is 18.6 Å². The van der Waals surface area contributed by atoms with Gasteiger partial charge in [-0.1, -0.05) is 0 Å². The van der Waals surface area contributed by atoms with E-state index in [2.05, 4.69) is 24.8 Å². The van der Waals surface area contributed by atoms with Crippen molar-refractivity contribution in [2.24, 2.45) is 0 Å². The maximum atomic E-state index is 5.78. The van der Waals surface area contributed by atoms with Gasteiger partial charge >= 0.3 is 0 Å². The third kappa shape index (κ3) is 2.75. The van der Waals surface area contributed by atoms with Crippen molar-refractivity contribution in [2.45, 2.75) is 20.0 Å². The van der Waals surface area contributed by atoms with Crippen LogP contribution in [0.4, 0.5) is 5.95 Å². The molecule has 1 fully saturated rings. The van der Waals surface area contributed by atoms with Crippen LogP contribution in [0.5, 0.6) is 0 Å². The Labute approximate surface area is 117 Å². The van der Waals surface area contributed by atoms with Crippen molar-refractivity contribution in [3.63, 3.8) is 0 Å². The van der Waals surface area contributed by atoms with Crippen LogP contribution in [0.1, 0.15) is 23.2 Å². The lowest BCUT2D eigenvalue weighted by Gasteiger charge is -2.32. The van der Waals surface area contributed by atoms with Gasteiger partial charge in [0.15, 0.2) is 0 Å². The van der Waals surface area contributed by atoms with Crippen LogP contribution in [-0.2, 0) is 4.74 Å². The van der Waals surface area contributed by atoms with Crippen molar-refractivity contribution in [3.8, 4) is 0 Å². The molecule has 0 bridgehead atoms. The van der Waals surface area contributed by atoms with E-state index < -0.39 is 0 Å². The number of hydrogen-bond acceptors (Lipinski definition) is 6. The van der Waals surface area contributed by atoms with Gasteiger partial charge in [-0.05, 0) is 19.9 Å². The summed E-state index contributed by atoms with van der Waals surface area (Å²) in [4.78, 5) is 19.6. The van der Waals surface area contributed by atoms with Crippen molar-refractivity contribution in [2.75, 3.05) is 24.6 Å². The molecule has 0 spiro atoms. The molecule has 1 aliphatic heterocycles. The fourth-order valence-corrected chi connectivity index (χ4v) is 2.34. The zero-order chi connectivity index (χ0) is 13.9. The molecule has 6 nitrogen and oxygen atoms in total. The Bertz CT molecular complexity index is 569. The molecule has 2 aromatic heterocycles. The topological polar surface area (TPSA) is 64.0 Å². The van der Waals surface area contributed by atoms with E-state index in [-0.39, 0.29) is 6.10 Å². The van der Waals surface area contributed by atoms with Crippen molar-refractivity contribution in [1.82, 2.24) is 19.9 Å². The van der Waals surface area contributed by atoms with Gasteiger partial charge in [-0.2, -0.15) is 0 Å². The largest absolute Gasteiger partial charge is 0.368 e. The molecule has 3 rings (SSSR count). The van der Waals surface area contributed by atoms with Crippen LogP contribution in [0.25, 0.3) is 0 Å². The minimum atomic E-state index is -0.0816. The molecule has 1 atom stereocenters. The van der Waals surface area contributed by atoms with Crippen LogP contribution >= 0.6 is 0 Å². The molecule has 2 aromatic rings. The van der Waals surface area contributed by atoms with Crippen LogP contribution < -0.4 is 4.90 Å². The number of ether oxygens (including phenoxy) is 1. The average molecular weight is 271 g/mol. The summed E-state index contributed by atoms with van der Waals surface area (Å²) in [7, 11) is 0. The van der Waals surface area contributed by atoms with E-state index in [0.29, 0.717) is 13.2 Å². The average Bonchev–Trinajstić information content (AvgIpc) is 2.47. The second-order valence-corrected chi connectivity index (χ2v) is 4.89. The molecule has 6 heteroatoms. The molecule has 20 heavy (non-hydrogen) atoms. The first kappa shape index (κ1) is 12.9. The summed E-state index contributed by atoms with van der Waals surface area (Å²) >= 11 is 0. The summed E-state index contributed by atoms with van der Waals surface area (Å²) in [5.41, 5.74) is 2.81. The third-order valence-electron chi connectivity index (χ3n) is 3.23. The van der Waals surface area contributed by atoms with E-state index in [9.17, 15) is 0 Å². The molecule has 0 radical (unpaired) electrons. The van der Waals surface area contributed by atoms with E-state index >= 15 is 0 Å². The first-order valence-corrected chi connectivity index (χ1v) is 6.67. The van der Waals surface area contributed by atoms with Gasteiger partial charge in [0.1, 0.15) is 6.10 Å². The highest BCUT2D eigenvalue weighted by molar-refractivity contribution is 5.33. The molecule has 0 aliphatic carbocycles. The summed E-state index contributed by atoms with van der Waals surface area (Å²) in [5, 5.41) is 0. The zero-order valence-corrected chi connectivity index (χ0v) is 11.7. The van der Waals surface area contributed by atoms with Gasteiger partial charge in [-0.3, -0.25) is 9.97 Å². The van der Waals surface area contributed by atoms with Crippen LogP contribution in [-0.4, -0.2) is 39.6 Å². The van der Waals surface area contributed by atoms with E-state index in [0.717, 1.165) is 29.6 Å². The minimum Gasteiger partial charge on any atom is -0.368 e. The lowest BCUT2D eigenvalue weighted by atomic mass is 10.2. The molecular formula is C14H17N5O. The van der Waals surface area contributed by atoms with Crippen molar-refractivity contribution in [3.05, 3.63) is 41.7 Å². The van der Waals surface area contributed by atoms with Crippen LogP contribution in [0.2, 0.25) is 0 Å². The highest BCUT2D eigenvalue weighted by Gasteiger charge is 2.25. The predicted molar refractivity (Wildman–Crippen MR) is 74.4 cm³/mol. The van der Waals surface area contributed by atoms with E-state index in [4.69, 9.17) is 4.74 Å². The molecule has 0 saturated carbocycles. The van der Waals surface area contributed by atoms with Gasteiger partial charge in [0.2, 0.25) is 5.95 Å². The highest BCUT2D eigenvalue weighted by atomic mass is 16.5. The summed E-state index contributed by atoms with van der Waals surface area (Å²) in [6.45, 7) is 6.09. The fraction of sp³-hybridized carbons (Fsp3) is 0.429. The standard InChI is InChI=1S/C14H17N5O/c1-10-7-11(2)18-14(17-10)19-5-6-20-13(9-19)12-8-15-3-4-16-12/h3-4,7-8,13H,5-6,9H2,1-2H3/t13-/m1/s1. The lowest BCUT2D eigenvalue weighted by Crippen LogP contribution is -2.39. The molecule has 0 unspecified atom stereocenters. The van der Waals surface area contributed by atoms with Gasteiger partial charge < -0.3 is 9.64 Å². The van der Waals surface area contributed by atoms with Crippen LogP contribution in [0.3, 0.4) is 0 Å². The number of nitrogens with zero attached hydrogens (tertiary/aromatic N) is 5. The molecule has 1 aliphatic rings. The molecule has 0 aromatic carbocycles. The minimum absolute atomic E-state index is 0.0816. The van der Waals surface area contributed by atoms with E-state index in [1.165, 1.54) is 0 Å². The van der Waals surface area contributed by atoms with Crippen molar-refractivity contribution < 1.29 is 4.74 Å². The number of aryl methyl sites for hydroxylation is 2. The zero-order valence-electron chi connectivity index (χ0n) is 11.7. The van der Waals surface area contributed by atoms with Crippen molar-refractivity contribution >= 4 is 5.95 Å². The number of rotatable bonds is 2. The second-order valence-electron chi connectivity index (χ2n) is 4.89. The van der Waals surface area contributed by atoms with Gasteiger partial charge in [-0.25, -0.2) is 9.97 Å². The Morgan fingerprint density at radius 2 is 2.00 bits per heavy atom. The molecule has 0 N–H and O–H groups in total. The maximum Gasteiger partial charge on any atom is 0.225 e. The Morgan fingerprint density at radius 3 is 2.70 bits per heavy atom. The van der Waals surface area contributed by atoms with Gasteiger partial charge in [0.05, 0.1) is 25.0 Å². The maximum absolute atomic E-state index is 5.78. The first-order valence-electron chi connectivity index (χ1n) is 6.67. The molecule has 1 saturated heterocycles. The van der Waals surface area contributed by atoms with Gasteiger partial charge in [-0.15, -0.1) is 0 Å². The van der Waals surface area contributed by atoms with Crippen LogP contribution in [0.15, 0.2) is 24.7 Å². The SMILES string of the molecule is Cc1cc(C)nc(N2CCO[C@@H](c3cnccn3)C2)n1. The Hall–Kier alpha value is -2.08. The Morgan fingerprint density at radius 1 is 1.20 bits per heavy atom. The van der Waals surface area contributed by atoms with Gasteiger partial charge in [0.25, 0.3) is 0 Å². The summed E-state index contributed by atoms with van der Waals surface area (Å²) in [6.07, 6.45) is 5.01. The Kier molecular flexibility index (Phi) is 3.56. The van der Waals surface area contributed by atoms with Gasteiger partial charge in [0, 0.05) is 30.3 Å². The number of aromatic nitrogens is 4. The number of morpholine rings is 1. The summed E-state index contributed by atoms with van der Waals surface area (Å²) in [5.74, 6) is 0.764. The second kappa shape index (κ2) is 5.50. The first-order chi connectivity index (χ1) is 9.72. The Balaban J connectivity index is 1.81. The number of anilines is 1. The monoisotopic (exact) mass is 271 g/mol. The molecular weight excluding hydrogens is 254 g/mol. The summed E-state index contributed by atoms with van der Waals surface area (Å²) in [6, 6.07) is 1.98. The fourth-order valence-electron chi connectivity index (χ4n) is 2.34. The molecule has 0 amide bonds. The quantitative estimate of drug-likeness (QED) is 0.824. The third-order valence-corrected chi connectivity index (χ3v) is 3.23. The smallest absolute Gasteiger partial charge is 0.225 e. The molecule has 104 valence electrons. The highest BCUT2D eigenvalue weighted by Crippen LogP contribution is 2.22. The normalized spacial score (nSPS) is 19.1. The predicted octanol–water partition coefficient (Wildman–Crippen LogP) is 1.46.